The van der Waals surface area contributed by atoms with Gasteiger partial charge in [0.15, 0.2) is 6.10 Å². The summed E-state index contributed by atoms with van der Waals surface area (Å²) in [6.07, 6.45) is 74.3. The summed E-state index contributed by atoms with van der Waals surface area (Å²) in [5.41, 5.74) is 0. The molecule has 1 atom stereocenters. The van der Waals surface area contributed by atoms with Crippen LogP contribution < -0.4 is 0 Å². The summed E-state index contributed by atoms with van der Waals surface area (Å²) < 4.78 is 17.5. The summed E-state index contributed by atoms with van der Waals surface area (Å²) in [4.78, 5) is 25.5. The van der Waals surface area contributed by atoms with Crippen LogP contribution in [0.3, 0.4) is 0 Å². The molecule has 5 nitrogen and oxygen atoms in total. The van der Waals surface area contributed by atoms with Crippen LogP contribution in [0.25, 0.3) is 0 Å². The molecule has 5 heteroatoms. The summed E-state index contributed by atoms with van der Waals surface area (Å²) in [7, 11) is 0. The molecule has 0 bridgehead atoms. The maximum Gasteiger partial charge on any atom is 0.306 e. The molecule has 0 rings (SSSR count). The Balaban J connectivity index is 4.21. The van der Waals surface area contributed by atoms with Crippen LogP contribution in [0.2, 0.25) is 0 Å². The van der Waals surface area contributed by atoms with Crippen molar-refractivity contribution in [3.8, 4) is 0 Å². The van der Waals surface area contributed by atoms with E-state index in [0.29, 0.717) is 19.4 Å². The van der Waals surface area contributed by atoms with Gasteiger partial charge in [-0.3, -0.25) is 9.59 Å². The molecule has 0 aliphatic rings. The first kappa shape index (κ1) is 65.9. The van der Waals surface area contributed by atoms with Gasteiger partial charge < -0.3 is 14.2 Å². The van der Waals surface area contributed by atoms with Crippen molar-refractivity contribution in [2.24, 2.45) is 0 Å². The highest BCUT2D eigenvalue weighted by molar-refractivity contribution is 5.70. The number of carbonyl (C=O) groups excluding carboxylic acids is 2. The van der Waals surface area contributed by atoms with Crippen molar-refractivity contribution in [1.82, 2.24) is 0 Å². The topological polar surface area (TPSA) is 61.8 Å². The molecular weight excluding hydrogens is 837 g/mol. The van der Waals surface area contributed by atoms with Gasteiger partial charge in [-0.25, -0.2) is 0 Å². The molecule has 0 aromatic carbocycles. The highest BCUT2D eigenvalue weighted by atomic mass is 16.6. The van der Waals surface area contributed by atoms with Gasteiger partial charge in [-0.2, -0.15) is 0 Å². The molecule has 0 heterocycles. The standard InChI is InChI=1S/C63H116O5/c1-4-7-10-13-16-19-22-25-27-29-31-33-35-37-40-43-46-49-52-55-58-66-59-61(68-63(65)57-54-51-48-45-42-38-24-21-18-15-12-9-6-3)60-67-62(64)56-53-50-47-44-41-39-36-34-32-30-28-26-23-20-17-14-11-8-5-2/h12,15,21,24-28,61H,4-11,13-14,16-20,22-23,29-60H2,1-3H3/b15-12-,24-21-,27-25-,28-26-. The zero-order chi connectivity index (χ0) is 49.2. The predicted molar refractivity (Wildman–Crippen MR) is 298 cm³/mol. The zero-order valence-corrected chi connectivity index (χ0v) is 45.9. The highest BCUT2D eigenvalue weighted by Crippen LogP contribution is 2.16. The molecule has 398 valence electrons. The number of rotatable bonds is 56. The van der Waals surface area contributed by atoms with E-state index in [1.807, 2.05) is 0 Å². The third-order valence-corrected chi connectivity index (χ3v) is 13.3. The average Bonchev–Trinajstić information content (AvgIpc) is 3.34. The van der Waals surface area contributed by atoms with Crippen LogP contribution >= 0.6 is 0 Å². The van der Waals surface area contributed by atoms with Gasteiger partial charge in [-0.05, 0) is 96.3 Å². The van der Waals surface area contributed by atoms with Crippen LogP contribution in [0.1, 0.15) is 316 Å². The second-order valence-corrected chi connectivity index (χ2v) is 20.2. The van der Waals surface area contributed by atoms with Crippen LogP contribution in [0.15, 0.2) is 48.6 Å². The second-order valence-electron chi connectivity index (χ2n) is 20.2. The minimum Gasteiger partial charge on any atom is -0.462 e. The zero-order valence-electron chi connectivity index (χ0n) is 45.9. The maximum absolute atomic E-state index is 12.8. The predicted octanol–water partition coefficient (Wildman–Crippen LogP) is 20.7. The second kappa shape index (κ2) is 59.2. The molecule has 0 aromatic rings. The molecule has 0 aliphatic carbocycles. The Kier molecular flexibility index (Phi) is 57.3. The number of hydrogen-bond donors (Lipinski definition) is 0. The van der Waals surface area contributed by atoms with Crippen LogP contribution in [0.4, 0.5) is 0 Å². The Hall–Kier alpha value is -2.14. The molecule has 0 spiro atoms. The smallest absolute Gasteiger partial charge is 0.306 e. The molecule has 0 amide bonds. The van der Waals surface area contributed by atoms with E-state index in [1.165, 1.54) is 225 Å². The monoisotopic (exact) mass is 953 g/mol. The molecule has 0 radical (unpaired) electrons. The summed E-state index contributed by atoms with van der Waals surface area (Å²) >= 11 is 0. The Labute approximate surface area is 424 Å². The molecule has 0 saturated heterocycles. The van der Waals surface area contributed by atoms with E-state index in [9.17, 15) is 9.59 Å². The lowest BCUT2D eigenvalue weighted by atomic mass is 10.1. The number of ether oxygens (including phenoxy) is 3. The Morgan fingerprint density at radius 1 is 0.324 bits per heavy atom. The fourth-order valence-corrected chi connectivity index (χ4v) is 8.77. The van der Waals surface area contributed by atoms with E-state index in [-0.39, 0.29) is 25.2 Å². The van der Waals surface area contributed by atoms with E-state index < -0.39 is 6.10 Å². The van der Waals surface area contributed by atoms with E-state index in [2.05, 4.69) is 69.4 Å². The van der Waals surface area contributed by atoms with Gasteiger partial charge in [-0.1, -0.05) is 256 Å². The van der Waals surface area contributed by atoms with E-state index in [4.69, 9.17) is 14.2 Å². The molecule has 0 aliphatic heterocycles. The third-order valence-electron chi connectivity index (χ3n) is 13.3. The first-order valence-electron chi connectivity index (χ1n) is 30.2. The Morgan fingerprint density at radius 3 is 1.04 bits per heavy atom. The lowest BCUT2D eigenvalue weighted by Crippen LogP contribution is -2.30. The number of allylic oxidation sites excluding steroid dienone is 8. The van der Waals surface area contributed by atoms with Crippen LogP contribution in [0.5, 0.6) is 0 Å². The van der Waals surface area contributed by atoms with E-state index in [1.54, 1.807) is 0 Å². The Morgan fingerprint density at radius 2 is 0.647 bits per heavy atom. The van der Waals surface area contributed by atoms with Crippen LogP contribution in [-0.4, -0.2) is 37.9 Å². The first-order valence-corrected chi connectivity index (χ1v) is 30.2. The lowest BCUT2D eigenvalue weighted by molar-refractivity contribution is -0.163. The van der Waals surface area contributed by atoms with Crippen molar-refractivity contribution < 1.29 is 23.8 Å². The molecule has 0 saturated carbocycles. The summed E-state index contributed by atoms with van der Waals surface area (Å²) in [6.45, 7) is 7.79. The average molecular weight is 954 g/mol. The number of carbonyl (C=O) groups is 2. The van der Waals surface area contributed by atoms with Crippen molar-refractivity contribution >= 4 is 11.9 Å². The molecule has 0 aromatic heterocycles. The fraction of sp³-hybridized carbons (Fsp3) is 0.841. The van der Waals surface area contributed by atoms with Crippen molar-refractivity contribution in [2.75, 3.05) is 19.8 Å². The van der Waals surface area contributed by atoms with Crippen molar-refractivity contribution in [2.45, 2.75) is 322 Å². The largest absolute Gasteiger partial charge is 0.462 e. The van der Waals surface area contributed by atoms with E-state index >= 15 is 0 Å². The van der Waals surface area contributed by atoms with Crippen molar-refractivity contribution in [1.29, 1.82) is 0 Å². The summed E-state index contributed by atoms with van der Waals surface area (Å²) in [5, 5.41) is 0. The van der Waals surface area contributed by atoms with Crippen molar-refractivity contribution in [3.63, 3.8) is 0 Å². The van der Waals surface area contributed by atoms with Crippen LogP contribution in [0, 0.1) is 0 Å². The quantitative estimate of drug-likeness (QED) is 0.0345. The normalized spacial score (nSPS) is 12.5. The van der Waals surface area contributed by atoms with Gasteiger partial charge in [0.1, 0.15) is 6.61 Å². The SMILES string of the molecule is CCC/C=C\C/C=C\CCCCCCCC(=O)OC(COCCCCCCCCCCCC/C=C\CCCCCCCC)COC(=O)CCCCCCCCCCC/C=C\CCCCCCCC. The lowest BCUT2D eigenvalue weighted by Gasteiger charge is -2.18. The maximum atomic E-state index is 12.8. The molecule has 0 N–H and O–H groups in total. The third kappa shape index (κ3) is 56.4. The number of unbranched alkanes of at least 4 members (excludes halogenated alkanes) is 37. The van der Waals surface area contributed by atoms with Crippen LogP contribution in [-0.2, 0) is 23.8 Å². The Bertz CT molecular complexity index is 1120. The fourth-order valence-electron chi connectivity index (χ4n) is 8.77. The number of hydrogen-bond acceptors (Lipinski definition) is 5. The molecule has 1 unspecified atom stereocenters. The highest BCUT2D eigenvalue weighted by Gasteiger charge is 2.17. The minimum absolute atomic E-state index is 0.0807. The minimum atomic E-state index is -0.544. The van der Waals surface area contributed by atoms with Crippen molar-refractivity contribution in [3.05, 3.63) is 48.6 Å². The summed E-state index contributed by atoms with van der Waals surface area (Å²) in [6, 6.07) is 0. The van der Waals surface area contributed by atoms with Gasteiger partial charge in [0, 0.05) is 19.4 Å². The number of esters is 2. The summed E-state index contributed by atoms with van der Waals surface area (Å²) in [5.74, 6) is -0.402. The van der Waals surface area contributed by atoms with E-state index in [0.717, 1.165) is 57.8 Å². The van der Waals surface area contributed by atoms with Gasteiger partial charge in [0.25, 0.3) is 0 Å². The van der Waals surface area contributed by atoms with Gasteiger partial charge in [0.05, 0.1) is 6.61 Å². The van der Waals surface area contributed by atoms with Gasteiger partial charge in [-0.15, -0.1) is 0 Å². The van der Waals surface area contributed by atoms with Gasteiger partial charge >= 0.3 is 11.9 Å². The first-order chi connectivity index (χ1) is 33.6. The molecular formula is C63H116O5. The molecule has 68 heavy (non-hydrogen) atoms. The van der Waals surface area contributed by atoms with Gasteiger partial charge in [0.2, 0.25) is 0 Å². The molecule has 0 fully saturated rings.